The Balaban J connectivity index is 1.46. The van der Waals surface area contributed by atoms with Gasteiger partial charge in [0.25, 0.3) is 0 Å². The summed E-state index contributed by atoms with van der Waals surface area (Å²) >= 11 is 6.12. The molecule has 8 nitrogen and oxygen atoms in total. The van der Waals surface area contributed by atoms with Crippen LogP contribution in [0.5, 0.6) is 0 Å². The summed E-state index contributed by atoms with van der Waals surface area (Å²) in [5, 5.41) is 13.4. The Labute approximate surface area is 190 Å². The molecule has 1 aromatic carbocycles. The van der Waals surface area contributed by atoms with Gasteiger partial charge in [-0.05, 0) is 19.1 Å². The maximum Gasteiger partial charge on any atom is 0.158 e. The summed E-state index contributed by atoms with van der Waals surface area (Å²) in [5.74, 6) is 0.857. The smallest absolute Gasteiger partial charge is 0.158 e. The van der Waals surface area contributed by atoms with Gasteiger partial charge in [-0.15, -0.1) is 5.10 Å². The third-order valence-corrected chi connectivity index (χ3v) is 6.60. The van der Waals surface area contributed by atoms with Crippen molar-refractivity contribution in [2.45, 2.75) is 19.1 Å². The fraction of sp³-hybridized carbons (Fsp3) is 0.409. The van der Waals surface area contributed by atoms with Crippen LogP contribution in [-0.4, -0.2) is 65.5 Å². The van der Waals surface area contributed by atoms with Crippen molar-refractivity contribution in [1.29, 1.82) is 0 Å². The maximum atomic E-state index is 13.9. The van der Waals surface area contributed by atoms with Gasteiger partial charge in [0, 0.05) is 48.7 Å². The van der Waals surface area contributed by atoms with Gasteiger partial charge in [-0.1, -0.05) is 23.7 Å². The Morgan fingerprint density at radius 2 is 2.12 bits per heavy atom. The molecular formula is C22H25ClFN7O. The summed E-state index contributed by atoms with van der Waals surface area (Å²) < 4.78 is 19.6. The number of pyridine rings is 1. The van der Waals surface area contributed by atoms with Crippen LogP contribution in [0.3, 0.4) is 0 Å². The van der Waals surface area contributed by atoms with E-state index < -0.39 is 12.0 Å². The molecule has 2 aliphatic heterocycles. The lowest BCUT2D eigenvalue weighted by atomic mass is 10.1. The number of nitrogens with one attached hydrogen (secondary N) is 1. The van der Waals surface area contributed by atoms with Crippen molar-refractivity contribution in [1.82, 2.24) is 20.1 Å². The largest absolute Gasteiger partial charge is 0.378 e. The molecule has 0 saturated carbocycles. The highest BCUT2D eigenvalue weighted by molar-refractivity contribution is 6.31. The van der Waals surface area contributed by atoms with Crippen molar-refractivity contribution < 1.29 is 9.13 Å². The summed E-state index contributed by atoms with van der Waals surface area (Å²) in [6.07, 6.45) is 1.07. The van der Waals surface area contributed by atoms with Crippen LogP contribution in [0.4, 0.5) is 16.0 Å². The quantitative estimate of drug-likeness (QED) is 0.578. The predicted molar refractivity (Wildman–Crippen MR) is 122 cm³/mol. The number of nitrogens with zero attached hydrogens (tertiary/aromatic N) is 5. The minimum atomic E-state index is -0.752. The first kappa shape index (κ1) is 21.3. The Morgan fingerprint density at radius 3 is 3.00 bits per heavy atom. The van der Waals surface area contributed by atoms with E-state index in [0.29, 0.717) is 17.4 Å². The second-order valence-electron chi connectivity index (χ2n) is 8.20. The SMILES string of the molecule is Cc1nnc(N[C@H](N)c2cccc(F)c2Cl)c2cc(N3CCN4CCOC[C@@H]4C3)ncc12. The zero-order chi connectivity index (χ0) is 22.2. The van der Waals surface area contributed by atoms with E-state index in [1.54, 1.807) is 12.1 Å². The van der Waals surface area contributed by atoms with Crippen molar-refractivity contribution in [3.8, 4) is 0 Å². The zero-order valence-electron chi connectivity index (χ0n) is 17.8. The lowest BCUT2D eigenvalue weighted by Gasteiger charge is -2.44. The molecule has 0 amide bonds. The predicted octanol–water partition coefficient (Wildman–Crippen LogP) is 2.72. The van der Waals surface area contributed by atoms with Gasteiger partial charge in [-0.3, -0.25) is 4.90 Å². The molecule has 0 radical (unpaired) electrons. The molecule has 0 unspecified atom stereocenters. The molecule has 0 bridgehead atoms. The average molecular weight is 458 g/mol. The van der Waals surface area contributed by atoms with Crippen molar-refractivity contribution in [2.24, 2.45) is 5.73 Å². The number of ether oxygens (including phenoxy) is 1. The first-order valence-electron chi connectivity index (χ1n) is 10.7. The topological polar surface area (TPSA) is 92.4 Å². The number of aromatic nitrogens is 3. The Hall–Kier alpha value is -2.59. The molecular weight excluding hydrogens is 433 g/mol. The second kappa shape index (κ2) is 8.74. The molecule has 32 heavy (non-hydrogen) atoms. The summed E-state index contributed by atoms with van der Waals surface area (Å²) in [5.41, 5.74) is 7.52. The Morgan fingerprint density at radius 1 is 1.25 bits per heavy atom. The van der Waals surface area contributed by atoms with Crippen molar-refractivity contribution >= 4 is 34.0 Å². The average Bonchev–Trinajstić information content (AvgIpc) is 2.82. The molecule has 2 aromatic heterocycles. The van der Waals surface area contributed by atoms with E-state index in [1.165, 1.54) is 6.07 Å². The number of hydrogen-bond donors (Lipinski definition) is 2. The Bertz CT molecular complexity index is 1150. The van der Waals surface area contributed by atoms with Gasteiger partial charge in [0.05, 0.1) is 30.0 Å². The number of nitrogens with two attached hydrogens (primary N) is 1. The normalized spacial score (nSPS) is 20.2. The van der Waals surface area contributed by atoms with Crippen LogP contribution in [0.1, 0.15) is 17.4 Å². The summed E-state index contributed by atoms with van der Waals surface area (Å²) in [6.45, 7) is 7.15. The monoisotopic (exact) mass is 457 g/mol. The minimum Gasteiger partial charge on any atom is -0.378 e. The fourth-order valence-electron chi connectivity index (χ4n) is 4.38. The molecule has 168 valence electrons. The van der Waals surface area contributed by atoms with Gasteiger partial charge in [-0.2, -0.15) is 5.10 Å². The highest BCUT2D eigenvalue weighted by atomic mass is 35.5. The zero-order valence-corrected chi connectivity index (χ0v) is 18.5. The van der Waals surface area contributed by atoms with Crippen LogP contribution >= 0.6 is 11.6 Å². The first-order valence-corrected chi connectivity index (χ1v) is 11.0. The molecule has 3 aromatic rings. The number of benzene rings is 1. The lowest BCUT2D eigenvalue weighted by molar-refractivity contribution is -0.0117. The highest BCUT2D eigenvalue weighted by Crippen LogP contribution is 2.30. The van der Waals surface area contributed by atoms with E-state index in [-0.39, 0.29) is 5.02 Å². The van der Waals surface area contributed by atoms with Crippen LogP contribution in [0.2, 0.25) is 5.02 Å². The number of anilines is 2. The summed E-state index contributed by atoms with van der Waals surface area (Å²) in [4.78, 5) is 9.46. The Kier molecular flexibility index (Phi) is 5.81. The number of aryl methyl sites for hydroxylation is 1. The van der Waals surface area contributed by atoms with Crippen LogP contribution in [-0.2, 0) is 4.74 Å². The van der Waals surface area contributed by atoms with Crippen molar-refractivity contribution in [2.75, 3.05) is 49.6 Å². The van der Waals surface area contributed by atoms with E-state index >= 15 is 0 Å². The molecule has 0 spiro atoms. The van der Waals surface area contributed by atoms with E-state index in [4.69, 9.17) is 27.1 Å². The van der Waals surface area contributed by atoms with Gasteiger partial charge < -0.3 is 20.7 Å². The molecule has 2 saturated heterocycles. The number of morpholine rings is 1. The van der Waals surface area contributed by atoms with Gasteiger partial charge in [0.2, 0.25) is 0 Å². The van der Waals surface area contributed by atoms with Gasteiger partial charge >= 0.3 is 0 Å². The summed E-state index contributed by atoms with van der Waals surface area (Å²) in [7, 11) is 0. The molecule has 2 aliphatic rings. The molecule has 3 N–H and O–H groups in total. The number of piperazine rings is 1. The number of rotatable bonds is 4. The van der Waals surface area contributed by atoms with E-state index in [9.17, 15) is 4.39 Å². The molecule has 2 fully saturated rings. The molecule has 5 rings (SSSR count). The van der Waals surface area contributed by atoms with Gasteiger partial charge in [0.1, 0.15) is 17.8 Å². The van der Waals surface area contributed by atoms with Crippen LogP contribution in [0, 0.1) is 12.7 Å². The summed E-state index contributed by atoms with van der Waals surface area (Å²) in [6, 6.07) is 6.94. The second-order valence-corrected chi connectivity index (χ2v) is 8.58. The van der Waals surface area contributed by atoms with E-state index in [0.717, 1.165) is 61.7 Å². The minimum absolute atomic E-state index is 0.00759. The maximum absolute atomic E-state index is 13.9. The van der Waals surface area contributed by atoms with Crippen molar-refractivity contribution in [3.63, 3.8) is 0 Å². The third-order valence-electron chi connectivity index (χ3n) is 6.20. The highest BCUT2D eigenvalue weighted by Gasteiger charge is 2.30. The first-order chi connectivity index (χ1) is 15.5. The van der Waals surface area contributed by atoms with Crippen LogP contribution in [0.15, 0.2) is 30.5 Å². The van der Waals surface area contributed by atoms with Crippen LogP contribution < -0.4 is 16.0 Å². The van der Waals surface area contributed by atoms with Gasteiger partial charge in [0.15, 0.2) is 5.82 Å². The van der Waals surface area contributed by atoms with Gasteiger partial charge in [-0.25, -0.2) is 9.37 Å². The van der Waals surface area contributed by atoms with Crippen LogP contribution in [0.25, 0.3) is 10.8 Å². The van der Waals surface area contributed by atoms with E-state index in [2.05, 4.69) is 25.3 Å². The lowest BCUT2D eigenvalue weighted by Crippen LogP contribution is -2.58. The van der Waals surface area contributed by atoms with E-state index in [1.807, 2.05) is 19.2 Å². The fourth-order valence-corrected chi connectivity index (χ4v) is 4.62. The molecule has 4 heterocycles. The third kappa shape index (κ3) is 3.97. The number of hydrogen-bond acceptors (Lipinski definition) is 8. The molecule has 2 atom stereocenters. The number of fused-ring (bicyclic) bond motifs is 2. The number of halogens is 2. The standard InChI is InChI=1S/C22H25ClFN7O/c1-13-17-10-26-19(31-6-5-30-7-8-32-12-14(30)11-31)9-16(17)22(29-28-13)27-21(25)15-3-2-4-18(24)20(15)23/h2-4,9-10,14,21H,5-8,11-12,25H2,1H3,(H,27,29)/t14-,21-/m0/s1. The molecule has 10 heteroatoms. The van der Waals surface area contributed by atoms with Crippen molar-refractivity contribution in [3.05, 3.63) is 52.6 Å². The molecule has 0 aliphatic carbocycles.